The number of halogens is 1. The molecule has 1 aromatic rings. The van der Waals surface area contributed by atoms with Crippen LogP contribution in [0.4, 0.5) is 5.69 Å². The van der Waals surface area contributed by atoms with Crippen molar-refractivity contribution in [2.24, 2.45) is 0 Å². The zero-order valence-electron chi connectivity index (χ0n) is 8.87. The number of aliphatic hydroxyl groups is 1. The van der Waals surface area contributed by atoms with E-state index in [4.69, 9.17) is 22.1 Å². The predicted molar refractivity (Wildman–Crippen MR) is 63.3 cm³/mol. The number of rotatable bonds is 3. The highest BCUT2D eigenvalue weighted by molar-refractivity contribution is 6.32. The Bertz CT molecular complexity index is 599. The molecule has 7 heteroatoms. The van der Waals surface area contributed by atoms with E-state index in [0.29, 0.717) is 0 Å². The van der Waals surface area contributed by atoms with Gasteiger partial charge in [0.15, 0.2) is 6.10 Å². The molecule has 0 amide bonds. The summed E-state index contributed by atoms with van der Waals surface area (Å²) in [6.07, 6.45) is -0.450. The Kier molecular flexibility index (Phi) is 4.39. The zero-order chi connectivity index (χ0) is 13.7. The summed E-state index contributed by atoms with van der Waals surface area (Å²) in [6, 6.07) is 6.79. The summed E-state index contributed by atoms with van der Waals surface area (Å²) in [5.41, 5.74) is -0.244. The summed E-state index contributed by atoms with van der Waals surface area (Å²) in [4.78, 5) is 9.97. The van der Waals surface area contributed by atoms with Crippen LogP contribution < -0.4 is 0 Å². The average Bonchev–Trinajstić information content (AvgIpc) is 2.36. The van der Waals surface area contributed by atoms with E-state index in [1.165, 1.54) is 18.2 Å². The van der Waals surface area contributed by atoms with Crippen LogP contribution in [0.2, 0.25) is 5.02 Å². The molecule has 0 heterocycles. The molecule has 0 saturated heterocycles. The standard InChI is InChI=1S/C11H6ClN3O3/c12-10-2-1-9(15(17)18)4-7(10)3-8(5-13)11(16)6-14/h1-4,11,16H/b8-3-. The van der Waals surface area contributed by atoms with Crippen molar-refractivity contribution in [1.29, 1.82) is 10.5 Å². The SMILES string of the molecule is N#C/C(=C/c1cc([N+](=O)[O-])ccc1Cl)C(O)C#N. The highest BCUT2D eigenvalue weighted by Crippen LogP contribution is 2.24. The number of benzene rings is 1. The number of nitro benzene ring substituents is 1. The highest BCUT2D eigenvalue weighted by atomic mass is 35.5. The van der Waals surface area contributed by atoms with Gasteiger partial charge in [-0.05, 0) is 12.1 Å². The van der Waals surface area contributed by atoms with Gasteiger partial charge in [0, 0.05) is 22.7 Å². The van der Waals surface area contributed by atoms with E-state index >= 15 is 0 Å². The molecule has 1 atom stereocenters. The third-order valence-electron chi connectivity index (χ3n) is 2.05. The van der Waals surface area contributed by atoms with E-state index in [-0.39, 0.29) is 21.8 Å². The molecule has 6 nitrogen and oxygen atoms in total. The maximum Gasteiger partial charge on any atom is 0.270 e. The molecule has 0 bridgehead atoms. The van der Waals surface area contributed by atoms with Crippen LogP contribution in [0, 0.1) is 32.8 Å². The lowest BCUT2D eigenvalue weighted by Gasteiger charge is -2.02. The lowest BCUT2D eigenvalue weighted by Crippen LogP contribution is -2.05. The molecule has 0 spiro atoms. The topological polar surface area (TPSA) is 111 Å². The van der Waals surface area contributed by atoms with Crippen LogP contribution >= 0.6 is 11.6 Å². The van der Waals surface area contributed by atoms with Crippen molar-refractivity contribution in [2.75, 3.05) is 0 Å². The van der Waals surface area contributed by atoms with Crippen molar-refractivity contribution in [1.82, 2.24) is 0 Å². The third kappa shape index (κ3) is 3.05. The number of non-ortho nitro benzene ring substituents is 1. The van der Waals surface area contributed by atoms with Gasteiger partial charge < -0.3 is 5.11 Å². The van der Waals surface area contributed by atoms with Gasteiger partial charge in [0.1, 0.15) is 0 Å². The molecule has 0 aliphatic heterocycles. The summed E-state index contributed by atoms with van der Waals surface area (Å²) in [7, 11) is 0. The van der Waals surface area contributed by atoms with Crippen molar-refractivity contribution >= 4 is 23.4 Å². The minimum absolute atomic E-state index is 0.179. The number of aliphatic hydroxyl groups excluding tert-OH is 1. The van der Waals surface area contributed by atoms with E-state index in [1.807, 2.05) is 0 Å². The lowest BCUT2D eigenvalue weighted by atomic mass is 10.1. The highest BCUT2D eigenvalue weighted by Gasteiger charge is 2.12. The normalized spacial score (nSPS) is 12.3. The third-order valence-corrected chi connectivity index (χ3v) is 2.39. The minimum Gasteiger partial charge on any atom is -0.373 e. The maximum atomic E-state index is 10.6. The average molecular weight is 264 g/mol. The second-order valence-corrected chi connectivity index (χ2v) is 3.61. The fourth-order valence-corrected chi connectivity index (χ4v) is 1.34. The second-order valence-electron chi connectivity index (χ2n) is 3.21. The lowest BCUT2D eigenvalue weighted by molar-refractivity contribution is -0.384. The molecule has 1 N–H and O–H groups in total. The summed E-state index contributed by atoms with van der Waals surface area (Å²) in [5, 5.41) is 37.2. The molecule has 90 valence electrons. The van der Waals surface area contributed by atoms with Gasteiger partial charge in [-0.3, -0.25) is 10.1 Å². The van der Waals surface area contributed by atoms with E-state index in [0.717, 1.165) is 12.1 Å². The van der Waals surface area contributed by atoms with Crippen LogP contribution in [0.15, 0.2) is 23.8 Å². The molecule has 1 rings (SSSR count). The summed E-state index contributed by atoms with van der Waals surface area (Å²) in [6.45, 7) is 0. The first-order valence-electron chi connectivity index (χ1n) is 4.63. The Morgan fingerprint density at radius 3 is 2.72 bits per heavy atom. The molecule has 0 aromatic heterocycles. The number of nitriles is 2. The minimum atomic E-state index is -1.59. The van der Waals surface area contributed by atoms with Gasteiger partial charge in [0.05, 0.1) is 22.6 Å². The van der Waals surface area contributed by atoms with Crippen LogP contribution in [-0.2, 0) is 0 Å². The molecule has 18 heavy (non-hydrogen) atoms. The largest absolute Gasteiger partial charge is 0.373 e. The maximum absolute atomic E-state index is 10.6. The van der Waals surface area contributed by atoms with Gasteiger partial charge in [0.25, 0.3) is 5.69 Å². The number of nitro groups is 1. The smallest absolute Gasteiger partial charge is 0.270 e. The van der Waals surface area contributed by atoms with Crippen molar-refractivity contribution in [3.05, 3.63) is 44.5 Å². The Morgan fingerprint density at radius 1 is 1.56 bits per heavy atom. The Balaban J connectivity index is 3.30. The monoisotopic (exact) mass is 263 g/mol. The van der Waals surface area contributed by atoms with Gasteiger partial charge >= 0.3 is 0 Å². The van der Waals surface area contributed by atoms with E-state index in [2.05, 4.69) is 0 Å². The number of hydrogen-bond donors (Lipinski definition) is 1. The fraction of sp³-hybridized carbons (Fsp3) is 0.0909. The van der Waals surface area contributed by atoms with Crippen LogP contribution in [0.25, 0.3) is 6.08 Å². The van der Waals surface area contributed by atoms with Gasteiger partial charge in [-0.25, -0.2) is 0 Å². The first-order chi connectivity index (χ1) is 8.49. The van der Waals surface area contributed by atoms with Gasteiger partial charge in [-0.2, -0.15) is 10.5 Å². The van der Waals surface area contributed by atoms with Gasteiger partial charge in [-0.1, -0.05) is 11.6 Å². The molecule has 1 unspecified atom stereocenters. The molecular formula is C11H6ClN3O3. The Hall–Kier alpha value is -2.41. The first-order valence-corrected chi connectivity index (χ1v) is 5.00. The van der Waals surface area contributed by atoms with Gasteiger partial charge in [0.2, 0.25) is 0 Å². The summed E-state index contributed by atoms with van der Waals surface area (Å²) in [5.74, 6) is 0. The fourth-order valence-electron chi connectivity index (χ4n) is 1.16. The van der Waals surface area contributed by atoms with Crippen LogP contribution in [0.5, 0.6) is 0 Å². The van der Waals surface area contributed by atoms with Crippen molar-refractivity contribution < 1.29 is 10.0 Å². The Morgan fingerprint density at radius 2 is 2.22 bits per heavy atom. The molecule has 0 aliphatic rings. The van der Waals surface area contributed by atoms with Crippen LogP contribution in [0.1, 0.15) is 5.56 Å². The first kappa shape index (κ1) is 13.7. The molecular weight excluding hydrogens is 258 g/mol. The van der Waals surface area contributed by atoms with Crippen molar-refractivity contribution in [2.45, 2.75) is 6.10 Å². The van der Waals surface area contributed by atoms with Crippen molar-refractivity contribution in [3.8, 4) is 12.1 Å². The molecule has 1 aromatic carbocycles. The molecule has 0 fully saturated rings. The number of nitrogens with zero attached hydrogens (tertiary/aromatic N) is 3. The van der Waals surface area contributed by atoms with Crippen LogP contribution in [0.3, 0.4) is 0 Å². The van der Waals surface area contributed by atoms with Crippen molar-refractivity contribution in [3.63, 3.8) is 0 Å². The summed E-state index contributed by atoms with van der Waals surface area (Å²) >= 11 is 5.81. The van der Waals surface area contributed by atoms with Crippen LogP contribution in [-0.4, -0.2) is 16.1 Å². The Labute approximate surface area is 107 Å². The second kappa shape index (κ2) is 5.78. The number of hydrogen-bond acceptors (Lipinski definition) is 5. The van der Waals surface area contributed by atoms with Gasteiger partial charge in [-0.15, -0.1) is 0 Å². The van der Waals surface area contributed by atoms with E-state index in [9.17, 15) is 15.2 Å². The molecule has 0 radical (unpaired) electrons. The van der Waals surface area contributed by atoms with E-state index < -0.39 is 11.0 Å². The predicted octanol–water partition coefficient (Wildman–Crippen LogP) is 2.04. The molecule has 0 saturated carbocycles. The molecule has 0 aliphatic carbocycles. The zero-order valence-corrected chi connectivity index (χ0v) is 9.63. The van der Waals surface area contributed by atoms with E-state index in [1.54, 1.807) is 6.07 Å². The summed E-state index contributed by atoms with van der Waals surface area (Å²) < 4.78 is 0. The quantitative estimate of drug-likeness (QED) is 0.388.